The van der Waals surface area contributed by atoms with Gasteiger partial charge in [0.1, 0.15) is 0 Å². The zero-order valence-corrected chi connectivity index (χ0v) is 13.5. The summed E-state index contributed by atoms with van der Waals surface area (Å²) in [5.74, 6) is 0.294. The average Bonchev–Trinajstić information content (AvgIpc) is 2.91. The number of hydrogen-bond acceptors (Lipinski definition) is 5. The van der Waals surface area contributed by atoms with Crippen molar-refractivity contribution in [2.45, 2.75) is 23.8 Å². The molecule has 1 heterocycles. The minimum atomic E-state index is -3.34. The summed E-state index contributed by atoms with van der Waals surface area (Å²) in [7, 11) is -3.34. The molecular weight excluding hydrogens is 310 g/mol. The molecule has 116 valence electrons. The van der Waals surface area contributed by atoms with Crippen LogP contribution in [0.1, 0.15) is 12.8 Å². The number of anilines is 1. The van der Waals surface area contributed by atoms with E-state index in [1.54, 1.807) is 12.1 Å². The van der Waals surface area contributed by atoms with Crippen LogP contribution in [-0.4, -0.2) is 44.8 Å². The van der Waals surface area contributed by atoms with E-state index in [0.29, 0.717) is 18.0 Å². The standard InChI is InChI=1S/C14H19NO4S2/c1-20-9-14(16)15-11-4-6-13(7-5-11)21(17,18)10-12-3-2-8-19-12/h4-7,12H,2-3,8-10H2,1H3,(H,15,16)/t12-/m0/s1. The van der Waals surface area contributed by atoms with Gasteiger partial charge < -0.3 is 10.1 Å². The van der Waals surface area contributed by atoms with Gasteiger partial charge in [0, 0.05) is 12.3 Å². The Kier molecular flexibility index (Phi) is 5.66. The Hall–Kier alpha value is -1.05. The second kappa shape index (κ2) is 7.29. The smallest absolute Gasteiger partial charge is 0.234 e. The third kappa shape index (κ3) is 4.72. The van der Waals surface area contributed by atoms with E-state index in [9.17, 15) is 13.2 Å². The molecule has 2 rings (SSSR count). The fourth-order valence-corrected chi connectivity index (χ4v) is 4.02. The fourth-order valence-electron chi connectivity index (χ4n) is 2.19. The highest BCUT2D eigenvalue weighted by Crippen LogP contribution is 2.20. The largest absolute Gasteiger partial charge is 0.377 e. The Morgan fingerprint density at radius 3 is 2.67 bits per heavy atom. The summed E-state index contributed by atoms with van der Waals surface area (Å²) in [5, 5.41) is 2.72. The Bertz CT molecular complexity index is 577. The van der Waals surface area contributed by atoms with Crippen LogP contribution in [0.4, 0.5) is 5.69 Å². The minimum absolute atomic E-state index is 0.0190. The molecule has 1 aromatic rings. The zero-order chi connectivity index (χ0) is 15.3. The molecular formula is C14H19NO4S2. The van der Waals surface area contributed by atoms with Crippen molar-refractivity contribution in [3.63, 3.8) is 0 Å². The predicted octanol–water partition coefficient (Wildman–Crippen LogP) is 1.94. The average molecular weight is 329 g/mol. The maximum atomic E-state index is 12.3. The van der Waals surface area contributed by atoms with Crippen LogP contribution in [0.3, 0.4) is 0 Å². The van der Waals surface area contributed by atoms with Crippen molar-refractivity contribution in [3.8, 4) is 0 Å². The van der Waals surface area contributed by atoms with Crippen molar-refractivity contribution in [1.29, 1.82) is 0 Å². The first-order valence-corrected chi connectivity index (χ1v) is 9.79. The molecule has 7 heteroatoms. The first-order chi connectivity index (χ1) is 10.0. The summed E-state index contributed by atoms with van der Waals surface area (Å²) in [5.41, 5.74) is 0.602. The van der Waals surface area contributed by atoms with Crippen molar-refractivity contribution >= 4 is 33.2 Å². The van der Waals surface area contributed by atoms with Gasteiger partial charge in [0.2, 0.25) is 5.91 Å². The molecule has 0 bridgehead atoms. The van der Waals surface area contributed by atoms with Crippen LogP contribution >= 0.6 is 11.8 Å². The Morgan fingerprint density at radius 2 is 2.10 bits per heavy atom. The van der Waals surface area contributed by atoms with Crippen molar-refractivity contribution in [3.05, 3.63) is 24.3 Å². The topological polar surface area (TPSA) is 72.5 Å². The van der Waals surface area contributed by atoms with Gasteiger partial charge in [0.25, 0.3) is 0 Å². The fraction of sp³-hybridized carbons (Fsp3) is 0.500. The SMILES string of the molecule is CSCC(=O)Nc1ccc(S(=O)(=O)C[C@@H]2CCCO2)cc1. The molecule has 1 aliphatic heterocycles. The maximum Gasteiger partial charge on any atom is 0.234 e. The second-order valence-electron chi connectivity index (χ2n) is 4.92. The van der Waals surface area contributed by atoms with E-state index in [1.165, 1.54) is 23.9 Å². The van der Waals surface area contributed by atoms with Crippen LogP contribution in [0.15, 0.2) is 29.2 Å². The second-order valence-corrected chi connectivity index (χ2v) is 7.82. The molecule has 0 radical (unpaired) electrons. The van der Waals surface area contributed by atoms with Gasteiger partial charge in [-0.1, -0.05) is 0 Å². The van der Waals surface area contributed by atoms with Gasteiger partial charge in [-0.25, -0.2) is 8.42 Å². The van der Waals surface area contributed by atoms with Gasteiger partial charge in [-0.3, -0.25) is 4.79 Å². The number of sulfone groups is 1. The molecule has 1 atom stereocenters. The van der Waals surface area contributed by atoms with Crippen molar-refractivity contribution < 1.29 is 17.9 Å². The van der Waals surface area contributed by atoms with E-state index in [2.05, 4.69) is 5.32 Å². The molecule has 1 fully saturated rings. The van der Waals surface area contributed by atoms with E-state index in [4.69, 9.17) is 4.74 Å². The highest BCUT2D eigenvalue weighted by Gasteiger charge is 2.24. The van der Waals surface area contributed by atoms with Gasteiger partial charge in [-0.05, 0) is 43.4 Å². The monoisotopic (exact) mass is 329 g/mol. The highest BCUT2D eigenvalue weighted by molar-refractivity contribution is 7.99. The van der Waals surface area contributed by atoms with Gasteiger partial charge in [-0.2, -0.15) is 11.8 Å². The lowest BCUT2D eigenvalue weighted by Gasteiger charge is -2.11. The van der Waals surface area contributed by atoms with E-state index in [0.717, 1.165) is 12.8 Å². The number of ether oxygens (including phenoxy) is 1. The molecule has 0 aliphatic carbocycles. The van der Waals surface area contributed by atoms with Crippen LogP contribution in [0.5, 0.6) is 0 Å². The van der Waals surface area contributed by atoms with Gasteiger partial charge in [0.05, 0.1) is 22.5 Å². The number of amides is 1. The van der Waals surface area contributed by atoms with E-state index >= 15 is 0 Å². The minimum Gasteiger partial charge on any atom is -0.377 e. The van der Waals surface area contributed by atoms with Crippen LogP contribution < -0.4 is 5.32 Å². The van der Waals surface area contributed by atoms with Crippen molar-refractivity contribution in [2.24, 2.45) is 0 Å². The van der Waals surface area contributed by atoms with Gasteiger partial charge in [0.15, 0.2) is 9.84 Å². The molecule has 0 saturated carbocycles. The molecule has 0 aromatic heterocycles. The van der Waals surface area contributed by atoms with E-state index < -0.39 is 9.84 Å². The molecule has 0 spiro atoms. The summed E-state index contributed by atoms with van der Waals surface area (Å²) in [6, 6.07) is 6.28. The quantitative estimate of drug-likeness (QED) is 0.863. The summed E-state index contributed by atoms with van der Waals surface area (Å²) < 4.78 is 29.9. The Labute approximate surface area is 129 Å². The number of thioether (sulfide) groups is 1. The Morgan fingerprint density at radius 1 is 1.38 bits per heavy atom. The molecule has 1 amide bonds. The lowest BCUT2D eigenvalue weighted by Crippen LogP contribution is -2.20. The number of hydrogen-bond donors (Lipinski definition) is 1. The third-order valence-electron chi connectivity index (χ3n) is 3.20. The van der Waals surface area contributed by atoms with Crippen molar-refractivity contribution in [2.75, 3.05) is 29.7 Å². The summed E-state index contributed by atoms with van der Waals surface area (Å²) in [6.07, 6.45) is 3.36. The molecule has 1 aliphatic rings. The van der Waals surface area contributed by atoms with E-state index in [-0.39, 0.29) is 22.7 Å². The summed E-state index contributed by atoms with van der Waals surface area (Å²) in [6.45, 7) is 0.639. The number of rotatable bonds is 6. The number of carbonyl (C=O) groups is 1. The lowest BCUT2D eigenvalue weighted by atomic mass is 10.3. The Balaban J connectivity index is 2.01. The van der Waals surface area contributed by atoms with Crippen LogP contribution in [0.2, 0.25) is 0 Å². The molecule has 1 N–H and O–H groups in total. The van der Waals surface area contributed by atoms with Gasteiger partial charge in [-0.15, -0.1) is 0 Å². The highest BCUT2D eigenvalue weighted by atomic mass is 32.2. The molecule has 0 unspecified atom stereocenters. The van der Waals surface area contributed by atoms with Crippen molar-refractivity contribution in [1.82, 2.24) is 0 Å². The zero-order valence-electron chi connectivity index (χ0n) is 11.9. The maximum absolute atomic E-state index is 12.3. The lowest BCUT2D eigenvalue weighted by molar-refractivity contribution is -0.113. The first-order valence-electron chi connectivity index (χ1n) is 6.74. The molecule has 1 saturated heterocycles. The number of benzene rings is 1. The predicted molar refractivity (Wildman–Crippen MR) is 84.5 cm³/mol. The molecule has 1 aromatic carbocycles. The molecule has 21 heavy (non-hydrogen) atoms. The molecule has 5 nitrogen and oxygen atoms in total. The summed E-state index contributed by atoms with van der Waals surface area (Å²) in [4.78, 5) is 11.7. The van der Waals surface area contributed by atoms with Crippen LogP contribution in [-0.2, 0) is 19.4 Å². The van der Waals surface area contributed by atoms with Crippen LogP contribution in [0.25, 0.3) is 0 Å². The first kappa shape index (κ1) is 16.3. The number of carbonyl (C=O) groups excluding carboxylic acids is 1. The van der Waals surface area contributed by atoms with Crippen LogP contribution in [0, 0.1) is 0 Å². The number of nitrogens with one attached hydrogen (secondary N) is 1. The normalized spacial score (nSPS) is 18.6. The summed E-state index contributed by atoms with van der Waals surface area (Å²) >= 11 is 1.43. The van der Waals surface area contributed by atoms with E-state index in [1.807, 2.05) is 6.26 Å². The van der Waals surface area contributed by atoms with Gasteiger partial charge >= 0.3 is 0 Å². The third-order valence-corrected chi connectivity index (χ3v) is 5.55.